The van der Waals surface area contributed by atoms with Crippen LogP contribution in [0.5, 0.6) is 0 Å². The Kier molecular flexibility index (Phi) is 8.38. The molecule has 0 amide bonds. The van der Waals surface area contributed by atoms with Crippen LogP contribution >= 0.6 is 0 Å². The van der Waals surface area contributed by atoms with Crippen molar-refractivity contribution >= 4 is 5.97 Å². The van der Waals surface area contributed by atoms with Crippen LogP contribution in [0.3, 0.4) is 0 Å². The minimum atomic E-state index is -0.513. The third-order valence-corrected chi connectivity index (χ3v) is 3.42. The molecule has 0 rings (SSSR count). The van der Waals surface area contributed by atoms with Crippen LogP contribution in [0.25, 0.3) is 0 Å². The van der Waals surface area contributed by atoms with Crippen LogP contribution in [0, 0.1) is 0 Å². The number of carbonyl (C=O) groups is 1. The molecule has 0 N–H and O–H groups in total. The summed E-state index contributed by atoms with van der Waals surface area (Å²) in [6, 6.07) is 0. The number of methoxy groups -OCH3 is 1. The first-order valence-corrected chi connectivity index (χ1v) is 6.52. The normalized spacial score (nSPS) is 11.3. The topological polar surface area (TPSA) is 29.5 Å². The van der Waals surface area contributed by atoms with Gasteiger partial charge >= 0.3 is 5.97 Å². The first-order valence-electron chi connectivity index (χ1n) is 6.52. The number of unbranched alkanes of at least 4 members (excludes halogenated alkanes) is 2. The lowest BCUT2D eigenvalue weighted by Crippen LogP contribution is -2.51. The molecule has 0 atom stereocenters. The Bertz CT molecular complexity index is 258. The van der Waals surface area contributed by atoms with E-state index in [-0.39, 0.29) is 5.97 Å². The molecule has 0 aliphatic heterocycles. The fraction of sp³-hybridized carbons (Fsp3) is 0.667. The Labute approximate surface area is 112 Å². The maximum atomic E-state index is 12.1. The largest absolute Gasteiger partial charge is 0.468 e. The Hall–Kier alpha value is -1.09. The fourth-order valence-electron chi connectivity index (χ4n) is 2.23. The maximum absolute atomic E-state index is 12.1. The van der Waals surface area contributed by atoms with Gasteiger partial charge in [0.2, 0.25) is 0 Å². The number of rotatable bonds is 10. The highest BCUT2D eigenvalue weighted by Crippen LogP contribution is 2.28. The summed E-state index contributed by atoms with van der Waals surface area (Å²) in [7, 11) is 5.35. The molecule has 3 nitrogen and oxygen atoms in total. The van der Waals surface area contributed by atoms with Gasteiger partial charge in [0, 0.05) is 0 Å². The van der Waals surface area contributed by atoms with E-state index in [9.17, 15) is 4.79 Å². The number of hydrogen-bond acceptors (Lipinski definition) is 3. The van der Waals surface area contributed by atoms with Gasteiger partial charge in [-0.15, -0.1) is 13.2 Å². The van der Waals surface area contributed by atoms with Gasteiger partial charge < -0.3 is 4.74 Å². The van der Waals surface area contributed by atoms with Crippen LogP contribution in [-0.4, -0.2) is 37.6 Å². The van der Waals surface area contributed by atoms with Crippen molar-refractivity contribution < 1.29 is 9.53 Å². The van der Waals surface area contributed by atoms with Gasteiger partial charge in [0.25, 0.3) is 0 Å². The third kappa shape index (κ3) is 4.65. The molecule has 0 aromatic heterocycles. The first kappa shape index (κ1) is 16.9. The molecule has 0 aromatic carbocycles. The summed E-state index contributed by atoms with van der Waals surface area (Å²) < 4.78 is 5.01. The zero-order valence-corrected chi connectivity index (χ0v) is 12.1. The van der Waals surface area contributed by atoms with Crippen molar-refractivity contribution in [3.63, 3.8) is 0 Å². The van der Waals surface area contributed by atoms with E-state index in [0.717, 1.165) is 38.5 Å². The lowest BCUT2D eigenvalue weighted by atomic mass is 9.85. The number of allylic oxidation sites excluding steroid dienone is 2. The third-order valence-electron chi connectivity index (χ3n) is 3.42. The number of hydrogen-bond donors (Lipinski definition) is 0. The highest BCUT2D eigenvalue weighted by atomic mass is 16.5. The van der Waals surface area contributed by atoms with Gasteiger partial charge in [0.15, 0.2) is 0 Å². The van der Waals surface area contributed by atoms with Crippen LogP contribution in [0.1, 0.15) is 38.5 Å². The molecular formula is C15H27NO2. The van der Waals surface area contributed by atoms with E-state index in [0.29, 0.717) is 0 Å². The molecule has 0 radical (unpaired) electrons. The van der Waals surface area contributed by atoms with Gasteiger partial charge in [0.05, 0.1) is 7.11 Å². The second-order valence-electron chi connectivity index (χ2n) is 4.78. The van der Waals surface area contributed by atoms with Crippen LogP contribution in [0.2, 0.25) is 0 Å². The zero-order valence-electron chi connectivity index (χ0n) is 12.1. The summed E-state index contributed by atoms with van der Waals surface area (Å²) in [4.78, 5) is 14.1. The average molecular weight is 253 g/mol. The van der Waals surface area contributed by atoms with Crippen LogP contribution in [0.15, 0.2) is 25.3 Å². The monoisotopic (exact) mass is 253 g/mol. The molecule has 0 fully saturated rings. The fourth-order valence-corrected chi connectivity index (χ4v) is 2.23. The zero-order chi connectivity index (χ0) is 14.0. The molecule has 3 heteroatoms. The van der Waals surface area contributed by atoms with Crippen LogP contribution < -0.4 is 0 Å². The smallest absolute Gasteiger partial charge is 0.326 e. The summed E-state index contributed by atoms with van der Waals surface area (Å²) in [5.41, 5.74) is -0.513. The lowest BCUT2D eigenvalue weighted by molar-refractivity contribution is -0.155. The molecule has 0 unspecified atom stereocenters. The summed E-state index contributed by atoms with van der Waals surface area (Å²) >= 11 is 0. The second kappa shape index (κ2) is 8.92. The molecule has 0 bridgehead atoms. The van der Waals surface area contributed by atoms with Gasteiger partial charge in [-0.3, -0.25) is 9.69 Å². The molecular weight excluding hydrogens is 226 g/mol. The van der Waals surface area contributed by atoms with Gasteiger partial charge in [-0.1, -0.05) is 12.2 Å². The predicted molar refractivity (Wildman–Crippen MR) is 76.5 cm³/mol. The highest BCUT2D eigenvalue weighted by molar-refractivity contribution is 5.80. The SMILES string of the molecule is C=CCCCC(CCCC=C)(C(=O)OC)N(C)C. The number of likely N-dealkylation sites (N-methyl/N-ethyl adjacent to an activating group) is 1. The van der Waals surface area contributed by atoms with E-state index in [1.54, 1.807) is 0 Å². The quantitative estimate of drug-likeness (QED) is 0.340. The lowest BCUT2D eigenvalue weighted by Gasteiger charge is -2.37. The summed E-state index contributed by atoms with van der Waals surface area (Å²) in [5, 5.41) is 0. The predicted octanol–water partition coefficient (Wildman–Crippen LogP) is 3.17. The second-order valence-corrected chi connectivity index (χ2v) is 4.78. The number of esters is 1. The van der Waals surface area contributed by atoms with Crippen molar-refractivity contribution in [1.29, 1.82) is 0 Å². The van der Waals surface area contributed by atoms with Crippen LogP contribution in [0.4, 0.5) is 0 Å². The van der Waals surface area contributed by atoms with Gasteiger partial charge in [-0.25, -0.2) is 0 Å². The molecule has 0 saturated carbocycles. The van der Waals surface area contributed by atoms with Crippen LogP contribution in [-0.2, 0) is 9.53 Å². The van der Waals surface area contributed by atoms with Crippen molar-refractivity contribution in [1.82, 2.24) is 4.90 Å². The molecule has 0 heterocycles. The number of ether oxygens (including phenoxy) is 1. The Morgan fingerprint density at radius 3 is 1.89 bits per heavy atom. The minimum Gasteiger partial charge on any atom is -0.468 e. The molecule has 0 saturated heterocycles. The molecule has 0 aliphatic rings. The minimum absolute atomic E-state index is 0.138. The molecule has 104 valence electrons. The summed E-state index contributed by atoms with van der Waals surface area (Å²) in [6.45, 7) is 7.44. The van der Waals surface area contributed by atoms with E-state index in [1.165, 1.54) is 7.11 Å². The number of carbonyl (C=O) groups excluding carboxylic acids is 1. The molecule has 0 aromatic rings. The van der Waals surface area contributed by atoms with E-state index >= 15 is 0 Å². The van der Waals surface area contributed by atoms with Gasteiger partial charge in [0.1, 0.15) is 5.54 Å². The molecule has 18 heavy (non-hydrogen) atoms. The summed E-state index contributed by atoms with van der Waals surface area (Å²) in [6.07, 6.45) is 9.13. The van der Waals surface area contributed by atoms with Crippen molar-refractivity contribution in [2.24, 2.45) is 0 Å². The van der Waals surface area contributed by atoms with E-state index < -0.39 is 5.54 Å². The average Bonchev–Trinajstić information content (AvgIpc) is 2.36. The first-order chi connectivity index (χ1) is 8.55. The van der Waals surface area contributed by atoms with Gasteiger partial charge in [-0.05, 0) is 52.6 Å². The maximum Gasteiger partial charge on any atom is 0.326 e. The van der Waals surface area contributed by atoms with Crippen molar-refractivity contribution in [3.05, 3.63) is 25.3 Å². The highest BCUT2D eigenvalue weighted by Gasteiger charge is 2.40. The Morgan fingerprint density at radius 1 is 1.17 bits per heavy atom. The van der Waals surface area contributed by atoms with E-state index in [1.807, 2.05) is 31.1 Å². The summed E-state index contributed by atoms with van der Waals surface area (Å²) in [5.74, 6) is -0.138. The van der Waals surface area contributed by atoms with E-state index in [2.05, 4.69) is 13.2 Å². The van der Waals surface area contributed by atoms with Crippen molar-refractivity contribution in [2.75, 3.05) is 21.2 Å². The van der Waals surface area contributed by atoms with Crippen molar-refractivity contribution in [3.8, 4) is 0 Å². The number of nitrogens with zero attached hydrogens (tertiary/aromatic N) is 1. The van der Waals surface area contributed by atoms with Crippen molar-refractivity contribution in [2.45, 2.75) is 44.1 Å². The van der Waals surface area contributed by atoms with E-state index in [4.69, 9.17) is 4.74 Å². The Balaban J connectivity index is 4.83. The standard InChI is InChI=1S/C15H27NO2/c1-6-8-10-12-15(16(3)4,14(17)18-5)13-11-9-7-2/h6-7H,1-2,8-13H2,3-5H3. The molecule has 0 aliphatic carbocycles. The Morgan fingerprint density at radius 2 is 1.61 bits per heavy atom. The molecule has 0 spiro atoms. The van der Waals surface area contributed by atoms with Gasteiger partial charge in [-0.2, -0.15) is 0 Å².